The van der Waals surface area contributed by atoms with Crippen LogP contribution in [0.3, 0.4) is 0 Å². The number of hydrogen-bond donors (Lipinski definition) is 0. The Morgan fingerprint density at radius 3 is 2.30 bits per heavy atom. The number of halogens is 1. The second-order valence-electron chi connectivity index (χ2n) is 2.49. The Kier molecular flexibility index (Phi) is 4.34. The molecule has 60 valence electrons. The third kappa shape index (κ3) is 2.99. The van der Waals surface area contributed by atoms with Crippen LogP contribution < -0.4 is 0 Å². The minimum Gasteiger partial charge on any atom is -0.379 e. The Bertz CT molecular complexity index is 79.7. The molecule has 1 rings (SSSR count). The third-order valence-corrected chi connectivity index (χ3v) is 2.05. The highest BCUT2D eigenvalue weighted by molar-refractivity contribution is 9.09. The molecule has 0 atom stereocenters. The van der Waals surface area contributed by atoms with Crippen LogP contribution in [0.1, 0.15) is 6.42 Å². The molecule has 0 unspecified atom stereocenters. The standard InChI is InChI=1S/C7H13BrO2/c8-2-1-7-5-9-3-4-10-6-7/h7H,1-6H2. The van der Waals surface area contributed by atoms with E-state index in [1.165, 1.54) is 0 Å². The molecular weight excluding hydrogens is 196 g/mol. The maximum Gasteiger partial charge on any atom is 0.0700 e. The van der Waals surface area contributed by atoms with E-state index in [0.29, 0.717) is 5.92 Å². The Morgan fingerprint density at radius 1 is 1.20 bits per heavy atom. The van der Waals surface area contributed by atoms with E-state index >= 15 is 0 Å². The van der Waals surface area contributed by atoms with Gasteiger partial charge in [0.05, 0.1) is 26.4 Å². The molecule has 0 N–H and O–H groups in total. The van der Waals surface area contributed by atoms with Crippen LogP contribution in [-0.4, -0.2) is 31.8 Å². The summed E-state index contributed by atoms with van der Waals surface area (Å²) in [5.74, 6) is 0.599. The molecule has 1 aliphatic heterocycles. The minimum absolute atomic E-state index is 0.599. The zero-order chi connectivity index (χ0) is 7.23. The maximum absolute atomic E-state index is 5.31. The Balaban J connectivity index is 2.15. The quantitative estimate of drug-likeness (QED) is 0.640. The topological polar surface area (TPSA) is 18.5 Å². The molecule has 0 saturated carbocycles. The van der Waals surface area contributed by atoms with Crippen molar-refractivity contribution in [2.45, 2.75) is 6.42 Å². The van der Waals surface area contributed by atoms with Crippen LogP contribution in [0.2, 0.25) is 0 Å². The minimum atomic E-state index is 0.599. The predicted molar refractivity (Wildman–Crippen MR) is 43.5 cm³/mol. The Morgan fingerprint density at radius 2 is 1.80 bits per heavy atom. The summed E-state index contributed by atoms with van der Waals surface area (Å²) in [6, 6.07) is 0. The highest BCUT2D eigenvalue weighted by atomic mass is 79.9. The summed E-state index contributed by atoms with van der Waals surface area (Å²) in [5.41, 5.74) is 0. The van der Waals surface area contributed by atoms with Crippen molar-refractivity contribution < 1.29 is 9.47 Å². The van der Waals surface area contributed by atoms with Crippen molar-refractivity contribution in [1.82, 2.24) is 0 Å². The predicted octanol–water partition coefficient (Wildman–Crippen LogP) is 1.43. The zero-order valence-electron chi connectivity index (χ0n) is 6.01. The summed E-state index contributed by atoms with van der Waals surface area (Å²) in [6.45, 7) is 3.26. The molecule has 1 saturated heterocycles. The largest absolute Gasteiger partial charge is 0.379 e. The van der Waals surface area contributed by atoms with Gasteiger partial charge in [-0.2, -0.15) is 0 Å². The van der Waals surface area contributed by atoms with Crippen molar-refractivity contribution >= 4 is 15.9 Å². The van der Waals surface area contributed by atoms with Gasteiger partial charge in [-0.3, -0.25) is 0 Å². The van der Waals surface area contributed by atoms with Crippen LogP contribution in [0.15, 0.2) is 0 Å². The molecule has 1 fully saturated rings. The average Bonchev–Trinajstić information content (AvgIpc) is 2.17. The molecular formula is C7H13BrO2. The van der Waals surface area contributed by atoms with Crippen LogP contribution >= 0.6 is 15.9 Å². The first-order valence-electron chi connectivity index (χ1n) is 3.65. The van der Waals surface area contributed by atoms with Gasteiger partial charge < -0.3 is 9.47 Å². The molecule has 0 aromatic carbocycles. The lowest BCUT2D eigenvalue weighted by atomic mass is 10.1. The van der Waals surface area contributed by atoms with Crippen molar-refractivity contribution in [2.24, 2.45) is 5.92 Å². The van der Waals surface area contributed by atoms with Crippen LogP contribution in [-0.2, 0) is 9.47 Å². The number of alkyl halides is 1. The fourth-order valence-electron chi connectivity index (χ4n) is 0.987. The molecule has 0 aliphatic carbocycles. The van der Waals surface area contributed by atoms with Gasteiger partial charge in [-0.1, -0.05) is 15.9 Å². The van der Waals surface area contributed by atoms with Crippen LogP contribution in [0.25, 0.3) is 0 Å². The van der Waals surface area contributed by atoms with E-state index in [9.17, 15) is 0 Å². The highest BCUT2D eigenvalue weighted by Gasteiger charge is 2.11. The second kappa shape index (κ2) is 5.10. The molecule has 2 nitrogen and oxygen atoms in total. The fourth-order valence-corrected chi connectivity index (χ4v) is 1.63. The van der Waals surface area contributed by atoms with Crippen molar-refractivity contribution in [1.29, 1.82) is 0 Å². The maximum atomic E-state index is 5.31. The Hall–Kier alpha value is 0.400. The first-order valence-corrected chi connectivity index (χ1v) is 4.77. The van der Waals surface area contributed by atoms with Crippen molar-refractivity contribution in [3.63, 3.8) is 0 Å². The van der Waals surface area contributed by atoms with Gasteiger partial charge in [0.1, 0.15) is 0 Å². The molecule has 1 aliphatic rings. The monoisotopic (exact) mass is 208 g/mol. The van der Waals surface area contributed by atoms with Gasteiger partial charge >= 0.3 is 0 Å². The molecule has 10 heavy (non-hydrogen) atoms. The molecule has 1 heterocycles. The summed E-state index contributed by atoms with van der Waals surface area (Å²) in [4.78, 5) is 0. The van der Waals surface area contributed by atoms with Gasteiger partial charge in [0, 0.05) is 11.2 Å². The van der Waals surface area contributed by atoms with Gasteiger partial charge in [0.15, 0.2) is 0 Å². The smallest absolute Gasteiger partial charge is 0.0700 e. The van der Waals surface area contributed by atoms with Crippen LogP contribution in [0, 0.1) is 5.92 Å². The molecule has 0 bridgehead atoms. The normalized spacial score (nSPS) is 22.5. The molecule has 0 aromatic rings. The summed E-state index contributed by atoms with van der Waals surface area (Å²) in [7, 11) is 0. The van der Waals surface area contributed by atoms with Gasteiger partial charge in [0.25, 0.3) is 0 Å². The first kappa shape index (κ1) is 8.50. The SMILES string of the molecule is BrCCC1COCCOC1. The lowest BCUT2D eigenvalue weighted by Crippen LogP contribution is -2.12. The lowest BCUT2D eigenvalue weighted by molar-refractivity contribution is 0.103. The van der Waals surface area contributed by atoms with E-state index in [0.717, 1.165) is 38.2 Å². The lowest BCUT2D eigenvalue weighted by Gasteiger charge is -2.09. The summed E-state index contributed by atoms with van der Waals surface area (Å²) in [5, 5.41) is 1.05. The van der Waals surface area contributed by atoms with Crippen molar-refractivity contribution in [2.75, 3.05) is 31.8 Å². The van der Waals surface area contributed by atoms with Crippen molar-refractivity contribution in [3.05, 3.63) is 0 Å². The van der Waals surface area contributed by atoms with E-state index in [4.69, 9.17) is 9.47 Å². The first-order chi connectivity index (χ1) is 4.93. The molecule has 0 radical (unpaired) electrons. The number of ether oxygens (including phenoxy) is 2. The molecule has 0 amide bonds. The summed E-state index contributed by atoms with van der Waals surface area (Å²) < 4.78 is 10.6. The van der Waals surface area contributed by atoms with E-state index in [-0.39, 0.29) is 0 Å². The van der Waals surface area contributed by atoms with E-state index < -0.39 is 0 Å². The Labute approximate surface area is 70.0 Å². The van der Waals surface area contributed by atoms with Crippen LogP contribution in [0.5, 0.6) is 0 Å². The zero-order valence-corrected chi connectivity index (χ0v) is 7.60. The number of rotatable bonds is 2. The van der Waals surface area contributed by atoms with E-state index in [2.05, 4.69) is 15.9 Å². The number of hydrogen-bond acceptors (Lipinski definition) is 2. The summed E-state index contributed by atoms with van der Waals surface area (Å²) >= 11 is 3.40. The van der Waals surface area contributed by atoms with Gasteiger partial charge in [-0.15, -0.1) is 0 Å². The van der Waals surface area contributed by atoms with Gasteiger partial charge in [-0.25, -0.2) is 0 Å². The molecule has 3 heteroatoms. The van der Waals surface area contributed by atoms with E-state index in [1.54, 1.807) is 0 Å². The molecule has 0 aromatic heterocycles. The second-order valence-corrected chi connectivity index (χ2v) is 3.29. The molecule has 0 spiro atoms. The van der Waals surface area contributed by atoms with Gasteiger partial charge in [0.2, 0.25) is 0 Å². The fraction of sp³-hybridized carbons (Fsp3) is 1.00. The van der Waals surface area contributed by atoms with Crippen molar-refractivity contribution in [3.8, 4) is 0 Å². The van der Waals surface area contributed by atoms with E-state index in [1.807, 2.05) is 0 Å². The summed E-state index contributed by atoms with van der Waals surface area (Å²) in [6.07, 6.45) is 1.15. The van der Waals surface area contributed by atoms with Crippen LogP contribution in [0.4, 0.5) is 0 Å². The van der Waals surface area contributed by atoms with Gasteiger partial charge in [-0.05, 0) is 6.42 Å². The third-order valence-electron chi connectivity index (χ3n) is 1.60. The average molecular weight is 209 g/mol. The highest BCUT2D eigenvalue weighted by Crippen LogP contribution is 2.09.